The zero-order valence-corrected chi connectivity index (χ0v) is 11.3. The molecule has 2 heterocycles. The van der Waals surface area contributed by atoms with Crippen LogP contribution in [0.3, 0.4) is 0 Å². The van der Waals surface area contributed by atoms with Crippen LogP contribution >= 0.6 is 0 Å². The summed E-state index contributed by atoms with van der Waals surface area (Å²) in [6.07, 6.45) is 4.31. The van der Waals surface area contributed by atoms with Crippen LogP contribution in [-0.2, 0) is 0 Å². The highest BCUT2D eigenvalue weighted by Gasteiger charge is 2.15. The third-order valence-electron chi connectivity index (χ3n) is 3.66. The van der Waals surface area contributed by atoms with E-state index in [2.05, 4.69) is 33.2 Å². The third kappa shape index (κ3) is 2.84. The van der Waals surface area contributed by atoms with Gasteiger partial charge in [0.05, 0.1) is 5.52 Å². The maximum atomic E-state index is 4.38. The number of rotatable bonds is 4. The van der Waals surface area contributed by atoms with Crippen LogP contribution in [0.25, 0.3) is 10.9 Å². The molecule has 1 fully saturated rings. The van der Waals surface area contributed by atoms with Crippen molar-refractivity contribution < 1.29 is 0 Å². The first-order valence-electron chi connectivity index (χ1n) is 7.01. The summed E-state index contributed by atoms with van der Waals surface area (Å²) in [6, 6.07) is 8.53. The number of fused-ring (bicyclic) bond motifs is 1. The molecule has 0 saturated carbocycles. The highest BCUT2D eigenvalue weighted by Crippen LogP contribution is 2.19. The molecule has 0 bridgehead atoms. The van der Waals surface area contributed by atoms with Crippen LogP contribution in [0.4, 0.5) is 5.82 Å². The highest BCUT2D eigenvalue weighted by molar-refractivity contribution is 5.88. The maximum Gasteiger partial charge on any atom is 0.137 e. The van der Waals surface area contributed by atoms with Gasteiger partial charge in [-0.15, -0.1) is 0 Å². The number of nitrogens with one attached hydrogen (secondary N) is 1. The fraction of sp³-hybridized carbons (Fsp3) is 0.467. The van der Waals surface area contributed by atoms with Gasteiger partial charge in [0.1, 0.15) is 12.1 Å². The van der Waals surface area contributed by atoms with E-state index in [0.717, 1.165) is 23.3 Å². The van der Waals surface area contributed by atoms with Gasteiger partial charge in [0, 0.05) is 18.0 Å². The summed E-state index contributed by atoms with van der Waals surface area (Å²) in [7, 11) is 0. The van der Waals surface area contributed by atoms with Gasteiger partial charge >= 0.3 is 0 Å². The number of likely N-dealkylation sites (tertiary alicyclic amines) is 1. The van der Waals surface area contributed by atoms with Crippen molar-refractivity contribution in [2.24, 2.45) is 0 Å². The van der Waals surface area contributed by atoms with E-state index in [0.29, 0.717) is 6.04 Å². The zero-order valence-electron chi connectivity index (χ0n) is 11.3. The number of hydrogen-bond donors (Lipinski definition) is 1. The van der Waals surface area contributed by atoms with Crippen LogP contribution in [0.5, 0.6) is 0 Å². The second kappa shape index (κ2) is 5.53. The molecular weight excluding hydrogens is 236 g/mol. The van der Waals surface area contributed by atoms with E-state index in [9.17, 15) is 0 Å². The Hall–Kier alpha value is -1.68. The van der Waals surface area contributed by atoms with E-state index in [1.54, 1.807) is 6.33 Å². The molecule has 1 aliphatic heterocycles. The molecule has 1 aromatic heterocycles. The number of anilines is 1. The van der Waals surface area contributed by atoms with Gasteiger partial charge in [-0.3, -0.25) is 0 Å². The van der Waals surface area contributed by atoms with Crippen molar-refractivity contribution in [3.8, 4) is 0 Å². The number of hydrogen-bond acceptors (Lipinski definition) is 4. The summed E-state index contributed by atoms with van der Waals surface area (Å²) >= 11 is 0. The first-order valence-corrected chi connectivity index (χ1v) is 7.01. The van der Waals surface area contributed by atoms with E-state index in [1.165, 1.54) is 25.9 Å². The van der Waals surface area contributed by atoms with Gasteiger partial charge in [-0.2, -0.15) is 0 Å². The lowest BCUT2D eigenvalue weighted by molar-refractivity contribution is 0.327. The molecule has 0 amide bonds. The topological polar surface area (TPSA) is 41.0 Å². The summed E-state index contributed by atoms with van der Waals surface area (Å²) in [6.45, 7) is 5.76. The molecule has 3 rings (SSSR count). The van der Waals surface area contributed by atoms with E-state index < -0.39 is 0 Å². The van der Waals surface area contributed by atoms with Gasteiger partial charge in [0.15, 0.2) is 0 Å². The smallest absolute Gasteiger partial charge is 0.137 e. The summed E-state index contributed by atoms with van der Waals surface area (Å²) in [5.74, 6) is 0.942. The van der Waals surface area contributed by atoms with Crippen LogP contribution in [0.2, 0.25) is 0 Å². The summed E-state index contributed by atoms with van der Waals surface area (Å²) in [4.78, 5) is 11.2. The van der Waals surface area contributed by atoms with Crippen molar-refractivity contribution >= 4 is 16.7 Å². The van der Waals surface area contributed by atoms with Crippen LogP contribution in [-0.4, -0.2) is 40.5 Å². The van der Waals surface area contributed by atoms with Gasteiger partial charge in [-0.1, -0.05) is 12.1 Å². The van der Waals surface area contributed by atoms with Crippen LogP contribution in [0.1, 0.15) is 19.8 Å². The maximum absolute atomic E-state index is 4.38. The van der Waals surface area contributed by atoms with Crippen LogP contribution < -0.4 is 5.32 Å². The predicted molar refractivity (Wildman–Crippen MR) is 78.3 cm³/mol. The largest absolute Gasteiger partial charge is 0.366 e. The number of para-hydroxylation sites is 1. The fourth-order valence-corrected chi connectivity index (χ4v) is 2.75. The van der Waals surface area contributed by atoms with Crippen LogP contribution in [0.15, 0.2) is 30.6 Å². The molecule has 100 valence electrons. The Morgan fingerprint density at radius 2 is 2.00 bits per heavy atom. The highest BCUT2D eigenvalue weighted by atomic mass is 15.2. The molecule has 0 radical (unpaired) electrons. The Morgan fingerprint density at radius 3 is 2.84 bits per heavy atom. The van der Waals surface area contributed by atoms with E-state index in [1.807, 2.05) is 18.2 Å². The molecule has 0 aliphatic carbocycles. The number of aromatic nitrogens is 2. The minimum absolute atomic E-state index is 0.399. The fourth-order valence-electron chi connectivity index (χ4n) is 2.75. The number of nitrogens with zero attached hydrogens (tertiary/aromatic N) is 3. The van der Waals surface area contributed by atoms with Gasteiger partial charge in [0.25, 0.3) is 0 Å². The predicted octanol–water partition coefficient (Wildman–Crippen LogP) is 2.53. The Morgan fingerprint density at radius 1 is 1.21 bits per heavy atom. The monoisotopic (exact) mass is 256 g/mol. The summed E-state index contributed by atoms with van der Waals surface area (Å²) in [5.41, 5.74) is 0.994. The van der Waals surface area contributed by atoms with E-state index in [4.69, 9.17) is 0 Å². The molecule has 19 heavy (non-hydrogen) atoms. The Balaban J connectivity index is 1.73. The zero-order chi connectivity index (χ0) is 13.1. The van der Waals surface area contributed by atoms with Gasteiger partial charge < -0.3 is 10.2 Å². The SMILES string of the molecule is CC(CN1CCCC1)Nc1ncnc2ccccc12. The van der Waals surface area contributed by atoms with E-state index in [-0.39, 0.29) is 0 Å². The van der Waals surface area contributed by atoms with Crippen molar-refractivity contribution in [1.29, 1.82) is 0 Å². The van der Waals surface area contributed by atoms with Gasteiger partial charge in [-0.05, 0) is 45.0 Å². The molecule has 1 atom stereocenters. The quantitative estimate of drug-likeness (QED) is 0.912. The second-order valence-corrected chi connectivity index (χ2v) is 5.29. The molecule has 2 aromatic rings. The van der Waals surface area contributed by atoms with Crippen molar-refractivity contribution in [2.45, 2.75) is 25.8 Å². The molecule has 1 aromatic carbocycles. The molecule has 4 heteroatoms. The molecule has 1 saturated heterocycles. The Kier molecular flexibility index (Phi) is 3.60. The normalized spacial score (nSPS) is 17.7. The van der Waals surface area contributed by atoms with Crippen LogP contribution in [0, 0.1) is 0 Å². The molecule has 1 unspecified atom stereocenters. The summed E-state index contributed by atoms with van der Waals surface area (Å²) < 4.78 is 0. The first kappa shape index (κ1) is 12.4. The van der Waals surface area contributed by atoms with Gasteiger partial charge in [-0.25, -0.2) is 9.97 Å². The average molecular weight is 256 g/mol. The van der Waals surface area contributed by atoms with Crippen molar-refractivity contribution in [1.82, 2.24) is 14.9 Å². The first-order chi connectivity index (χ1) is 9.33. The van der Waals surface area contributed by atoms with Gasteiger partial charge in [0.2, 0.25) is 0 Å². The van der Waals surface area contributed by atoms with Crippen molar-refractivity contribution in [3.05, 3.63) is 30.6 Å². The minimum Gasteiger partial charge on any atom is -0.366 e. The van der Waals surface area contributed by atoms with Crippen molar-refractivity contribution in [2.75, 3.05) is 25.0 Å². The standard InChI is InChI=1S/C15H20N4/c1-12(10-19-8-4-5-9-19)18-15-13-6-2-3-7-14(13)16-11-17-15/h2-3,6-7,11-12H,4-5,8-10H2,1H3,(H,16,17,18). The molecule has 4 nitrogen and oxygen atoms in total. The molecule has 1 N–H and O–H groups in total. The molecular formula is C15H20N4. The molecule has 0 spiro atoms. The lowest BCUT2D eigenvalue weighted by Crippen LogP contribution is -2.33. The lowest BCUT2D eigenvalue weighted by atomic mass is 10.2. The lowest BCUT2D eigenvalue weighted by Gasteiger charge is -2.22. The summed E-state index contributed by atoms with van der Waals surface area (Å²) in [5, 5.41) is 4.61. The Labute approximate surface area is 113 Å². The third-order valence-corrected chi connectivity index (χ3v) is 3.66. The number of benzene rings is 1. The van der Waals surface area contributed by atoms with E-state index >= 15 is 0 Å². The minimum atomic E-state index is 0.399. The second-order valence-electron chi connectivity index (χ2n) is 5.29. The molecule has 1 aliphatic rings. The Bertz CT molecular complexity index is 543. The average Bonchev–Trinajstić information content (AvgIpc) is 2.92. The van der Waals surface area contributed by atoms with Crippen molar-refractivity contribution in [3.63, 3.8) is 0 Å².